The zero-order valence-corrected chi connectivity index (χ0v) is 11.3. The van der Waals surface area contributed by atoms with Crippen molar-refractivity contribution in [1.29, 1.82) is 0 Å². The van der Waals surface area contributed by atoms with Crippen LogP contribution in [0.2, 0.25) is 0 Å². The molecule has 98 valence electrons. The molecule has 1 unspecified atom stereocenters. The van der Waals surface area contributed by atoms with E-state index >= 15 is 0 Å². The van der Waals surface area contributed by atoms with Crippen LogP contribution in [0.1, 0.15) is 11.8 Å². The molecular formula is C13H14N4OS. The molecule has 0 saturated carbocycles. The highest BCUT2D eigenvalue weighted by Gasteiger charge is 2.13. The van der Waals surface area contributed by atoms with Crippen molar-refractivity contribution < 1.29 is 4.42 Å². The van der Waals surface area contributed by atoms with Gasteiger partial charge in [-0.1, -0.05) is 30.0 Å². The first-order valence-corrected chi connectivity index (χ1v) is 6.93. The maximum absolute atomic E-state index is 6.15. The predicted molar refractivity (Wildman–Crippen MR) is 74.9 cm³/mol. The van der Waals surface area contributed by atoms with Crippen LogP contribution in [0, 0.1) is 0 Å². The Kier molecular flexibility index (Phi) is 3.27. The number of thioether (sulfide) groups is 1. The summed E-state index contributed by atoms with van der Waals surface area (Å²) in [6.45, 7) is 0. The third-order valence-corrected chi connectivity index (χ3v) is 4.03. The second-order valence-electron chi connectivity index (χ2n) is 4.27. The summed E-state index contributed by atoms with van der Waals surface area (Å²) in [6, 6.07) is 9.74. The lowest BCUT2D eigenvalue weighted by Crippen LogP contribution is -2.12. The van der Waals surface area contributed by atoms with Gasteiger partial charge in [0.1, 0.15) is 17.7 Å². The van der Waals surface area contributed by atoms with Crippen LogP contribution >= 0.6 is 11.8 Å². The lowest BCUT2D eigenvalue weighted by Gasteiger charge is -2.07. The number of hydrogen-bond acceptors (Lipinski definition) is 5. The minimum absolute atomic E-state index is 0.158. The Morgan fingerprint density at radius 2 is 2.26 bits per heavy atom. The molecule has 6 heteroatoms. The topological polar surface area (TPSA) is 69.9 Å². The lowest BCUT2D eigenvalue weighted by molar-refractivity contribution is 0.515. The average molecular weight is 274 g/mol. The van der Waals surface area contributed by atoms with Gasteiger partial charge in [-0.15, -0.1) is 0 Å². The van der Waals surface area contributed by atoms with E-state index in [-0.39, 0.29) is 6.04 Å². The van der Waals surface area contributed by atoms with E-state index < -0.39 is 0 Å². The second-order valence-corrected chi connectivity index (χ2v) is 5.26. The molecule has 2 heterocycles. The molecule has 0 aliphatic rings. The molecule has 19 heavy (non-hydrogen) atoms. The molecule has 3 rings (SSSR count). The van der Waals surface area contributed by atoms with E-state index in [1.165, 1.54) is 6.33 Å². The number of fused-ring (bicyclic) bond motifs is 1. The SMILES string of the molecule is Cn1ncnc1SCC(N)c1cc2ccccc2o1. The highest BCUT2D eigenvalue weighted by Crippen LogP contribution is 2.26. The van der Waals surface area contributed by atoms with Crippen molar-refractivity contribution in [2.24, 2.45) is 12.8 Å². The fraction of sp³-hybridized carbons (Fsp3) is 0.231. The van der Waals surface area contributed by atoms with Gasteiger partial charge in [0.2, 0.25) is 0 Å². The molecule has 0 spiro atoms. The molecule has 2 N–H and O–H groups in total. The van der Waals surface area contributed by atoms with Crippen molar-refractivity contribution in [3.63, 3.8) is 0 Å². The molecule has 0 radical (unpaired) electrons. The molecule has 1 aromatic carbocycles. The van der Waals surface area contributed by atoms with Crippen LogP contribution in [0.15, 0.2) is 46.2 Å². The zero-order chi connectivity index (χ0) is 13.2. The van der Waals surface area contributed by atoms with Gasteiger partial charge in [-0.05, 0) is 12.1 Å². The van der Waals surface area contributed by atoms with Crippen molar-refractivity contribution in [3.8, 4) is 0 Å². The van der Waals surface area contributed by atoms with Crippen molar-refractivity contribution in [1.82, 2.24) is 14.8 Å². The van der Waals surface area contributed by atoms with Crippen molar-refractivity contribution in [2.45, 2.75) is 11.2 Å². The van der Waals surface area contributed by atoms with Gasteiger partial charge in [0.25, 0.3) is 0 Å². The molecule has 2 aromatic heterocycles. The molecule has 5 nitrogen and oxygen atoms in total. The lowest BCUT2D eigenvalue weighted by atomic mass is 10.2. The summed E-state index contributed by atoms with van der Waals surface area (Å²) in [4.78, 5) is 4.15. The van der Waals surface area contributed by atoms with Crippen LogP contribution in [0.4, 0.5) is 0 Å². The molecule has 3 aromatic rings. The highest BCUT2D eigenvalue weighted by atomic mass is 32.2. The summed E-state index contributed by atoms with van der Waals surface area (Å²) >= 11 is 1.57. The zero-order valence-electron chi connectivity index (χ0n) is 10.5. The first kappa shape index (κ1) is 12.3. The molecular weight excluding hydrogens is 260 g/mol. The Bertz CT molecular complexity index is 658. The summed E-state index contributed by atoms with van der Waals surface area (Å²) in [6.07, 6.45) is 1.54. The van der Waals surface area contributed by atoms with Crippen LogP contribution in [0.25, 0.3) is 11.0 Å². The van der Waals surface area contributed by atoms with E-state index in [0.717, 1.165) is 21.9 Å². The van der Waals surface area contributed by atoms with E-state index in [4.69, 9.17) is 10.2 Å². The average Bonchev–Trinajstić information content (AvgIpc) is 3.01. The van der Waals surface area contributed by atoms with E-state index in [0.29, 0.717) is 5.75 Å². The van der Waals surface area contributed by atoms with Crippen LogP contribution < -0.4 is 5.73 Å². The smallest absolute Gasteiger partial charge is 0.185 e. The van der Waals surface area contributed by atoms with Gasteiger partial charge < -0.3 is 10.2 Å². The summed E-state index contributed by atoms with van der Waals surface area (Å²) in [5.41, 5.74) is 7.03. The molecule has 0 saturated heterocycles. The maximum atomic E-state index is 6.15. The minimum atomic E-state index is -0.158. The van der Waals surface area contributed by atoms with Crippen molar-refractivity contribution >= 4 is 22.7 Å². The van der Waals surface area contributed by atoms with E-state index in [1.807, 2.05) is 37.4 Å². The van der Waals surface area contributed by atoms with Gasteiger partial charge in [0.05, 0.1) is 6.04 Å². The second kappa shape index (κ2) is 5.07. The van der Waals surface area contributed by atoms with E-state index in [2.05, 4.69) is 10.1 Å². The number of para-hydroxylation sites is 1. The third kappa shape index (κ3) is 2.50. The number of aromatic nitrogens is 3. The first-order valence-electron chi connectivity index (χ1n) is 5.95. The van der Waals surface area contributed by atoms with Gasteiger partial charge >= 0.3 is 0 Å². The maximum Gasteiger partial charge on any atom is 0.185 e. The standard InChI is InChI=1S/C13H14N4OS/c1-17-13(15-8-16-17)19-7-10(14)12-6-9-4-2-3-5-11(9)18-12/h2-6,8,10H,7,14H2,1H3. The summed E-state index contributed by atoms with van der Waals surface area (Å²) in [7, 11) is 1.86. The van der Waals surface area contributed by atoms with Crippen molar-refractivity contribution in [3.05, 3.63) is 42.4 Å². The largest absolute Gasteiger partial charge is 0.459 e. The quantitative estimate of drug-likeness (QED) is 0.739. The van der Waals surface area contributed by atoms with Crippen molar-refractivity contribution in [2.75, 3.05) is 5.75 Å². The third-order valence-electron chi connectivity index (χ3n) is 2.87. The summed E-state index contributed by atoms with van der Waals surface area (Å²) < 4.78 is 7.48. The van der Waals surface area contributed by atoms with E-state index in [9.17, 15) is 0 Å². The summed E-state index contributed by atoms with van der Waals surface area (Å²) in [5, 5.41) is 5.96. The van der Waals surface area contributed by atoms with Crippen LogP contribution in [0.3, 0.4) is 0 Å². The fourth-order valence-corrected chi connectivity index (χ4v) is 2.70. The molecule has 0 aliphatic heterocycles. The number of nitrogens with two attached hydrogens (primary N) is 1. The van der Waals surface area contributed by atoms with Gasteiger partial charge in [0.15, 0.2) is 5.16 Å². The predicted octanol–water partition coefficient (Wildman–Crippen LogP) is 2.35. The minimum Gasteiger partial charge on any atom is -0.459 e. The number of rotatable bonds is 4. The first-order chi connectivity index (χ1) is 9.24. The number of nitrogens with zero attached hydrogens (tertiary/aromatic N) is 3. The van der Waals surface area contributed by atoms with Crippen LogP contribution in [-0.4, -0.2) is 20.5 Å². The number of furan rings is 1. The van der Waals surface area contributed by atoms with E-state index in [1.54, 1.807) is 16.4 Å². The van der Waals surface area contributed by atoms with Crippen LogP contribution in [-0.2, 0) is 7.05 Å². The molecule has 1 atom stereocenters. The number of benzene rings is 1. The molecule has 0 aliphatic carbocycles. The molecule has 0 amide bonds. The highest BCUT2D eigenvalue weighted by molar-refractivity contribution is 7.99. The Morgan fingerprint density at radius 3 is 3.00 bits per heavy atom. The summed E-state index contributed by atoms with van der Waals surface area (Å²) in [5.74, 6) is 1.50. The number of aryl methyl sites for hydroxylation is 1. The fourth-order valence-electron chi connectivity index (χ4n) is 1.85. The Morgan fingerprint density at radius 1 is 1.42 bits per heavy atom. The Balaban J connectivity index is 1.73. The van der Waals surface area contributed by atoms with Gasteiger partial charge in [-0.25, -0.2) is 9.67 Å². The molecule has 0 fully saturated rings. The van der Waals surface area contributed by atoms with Gasteiger partial charge in [-0.2, -0.15) is 5.10 Å². The van der Waals surface area contributed by atoms with Gasteiger partial charge in [-0.3, -0.25) is 0 Å². The molecule has 0 bridgehead atoms. The monoisotopic (exact) mass is 274 g/mol. The van der Waals surface area contributed by atoms with Crippen LogP contribution in [0.5, 0.6) is 0 Å². The normalized spacial score (nSPS) is 12.9. The Hall–Kier alpha value is -1.79. The van der Waals surface area contributed by atoms with Gasteiger partial charge in [0, 0.05) is 18.2 Å². The Labute approximate surface area is 114 Å². The number of hydrogen-bond donors (Lipinski definition) is 1.